The summed E-state index contributed by atoms with van der Waals surface area (Å²) >= 11 is 0. The van der Waals surface area contributed by atoms with Gasteiger partial charge in [0.15, 0.2) is 18.6 Å². The lowest BCUT2D eigenvalue weighted by Gasteiger charge is -2.34. The number of piperidine rings is 1. The second-order valence-corrected chi connectivity index (χ2v) is 6.36. The van der Waals surface area contributed by atoms with E-state index in [-0.39, 0.29) is 12.5 Å². The quantitative estimate of drug-likeness (QED) is 0.813. The number of hydrogen-bond donors (Lipinski definition) is 0. The number of carbonyl (C=O) groups is 2. The van der Waals surface area contributed by atoms with Crippen molar-refractivity contribution in [2.45, 2.75) is 20.3 Å². The Kier molecular flexibility index (Phi) is 4.32. The minimum atomic E-state index is -0.527. The number of benzene rings is 1. The average molecular weight is 316 g/mol. The highest BCUT2D eigenvalue weighted by molar-refractivity contribution is 5.94. The third kappa shape index (κ3) is 3.52. The van der Waals surface area contributed by atoms with Crippen molar-refractivity contribution in [1.82, 2.24) is 9.88 Å². The molecule has 3 rings (SSSR count). The molecule has 1 fully saturated rings. The predicted molar refractivity (Wildman–Crippen MR) is 83.8 cm³/mol. The fourth-order valence-corrected chi connectivity index (χ4v) is 3.15. The number of fused-ring (bicyclic) bond motifs is 1. The zero-order valence-electron chi connectivity index (χ0n) is 13.3. The third-order valence-corrected chi connectivity index (χ3v) is 4.11. The zero-order valence-corrected chi connectivity index (χ0v) is 13.3. The lowest BCUT2D eigenvalue weighted by Crippen LogP contribution is -2.44. The molecule has 1 aliphatic rings. The van der Waals surface area contributed by atoms with Gasteiger partial charge in [-0.25, -0.2) is 9.78 Å². The van der Waals surface area contributed by atoms with E-state index in [0.29, 0.717) is 28.5 Å². The lowest BCUT2D eigenvalue weighted by atomic mass is 9.92. The number of carbonyl (C=O) groups excluding carboxylic acids is 2. The van der Waals surface area contributed by atoms with Crippen LogP contribution in [-0.2, 0) is 9.53 Å². The maximum Gasteiger partial charge on any atom is 0.338 e. The molecule has 0 bridgehead atoms. The first-order valence-corrected chi connectivity index (χ1v) is 7.81. The third-order valence-electron chi connectivity index (χ3n) is 4.11. The van der Waals surface area contributed by atoms with Gasteiger partial charge in [0.1, 0.15) is 5.52 Å². The summed E-state index contributed by atoms with van der Waals surface area (Å²) in [4.78, 5) is 30.1. The van der Waals surface area contributed by atoms with Crippen LogP contribution in [0.15, 0.2) is 29.0 Å². The van der Waals surface area contributed by atoms with E-state index < -0.39 is 5.97 Å². The molecular weight excluding hydrogens is 296 g/mol. The number of rotatable bonds is 3. The van der Waals surface area contributed by atoms with Crippen molar-refractivity contribution in [3.8, 4) is 0 Å². The van der Waals surface area contributed by atoms with Gasteiger partial charge in [0.2, 0.25) is 0 Å². The summed E-state index contributed by atoms with van der Waals surface area (Å²) < 4.78 is 10.3. The van der Waals surface area contributed by atoms with Crippen LogP contribution in [0.2, 0.25) is 0 Å². The van der Waals surface area contributed by atoms with Gasteiger partial charge < -0.3 is 14.1 Å². The normalized spacial score (nSPS) is 21.4. The van der Waals surface area contributed by atoms with Gasteiger partial charge in [0.05, 0.1) is 5.56 Å². The monoisotopic (exact) mass is 316 g/mol. The summed E-state index contributed by atoms with van der Waals surface area (Å²) in [6, 6.07) is 4.86. The van der Waals surface area contributed by atoms with Gasteiger partial charge in [-0.3, -0.25) is 4.79 Å². The molecule has 122 valence electrons. The van der Waals surface area contributed by atoms with Crippen LogP contribution in [0, 0.1) is 11.8 Å². The van der Waals surface area contributed by atoms with Crippen molar-refractivity contribution >= 4 is 23.0 Å². The van der Waals surface area contributed by atoms with Crippen LogP contribution in [0.4, 0.5) is 0 Å². The topological polar surface area (TPSA) is 72.6 Å². The van der Waals surface area contributed by atoms with Crippen molar-refractivity contribution in [2.24, 2.45) is 11.8 Å². The molecule has 23 heavy (non-hydrogen) atoms. The number of nitrogens with zero attached hydrogens (tertiary/aromatic N) is 2. The molecule has 0 aliphatic carbocycles. The summed E-state index contributed by atoms with van der Waals surface area (Å²) in [6.45, 7) is 5.50. The largest absolute Gasteiger partial charge is 0.452 e. The van der Waals surface area contributed by atoms with E-state index >= 15 is 0 Å². The highest BCUT2D eigenvalue weighted by atomic mass is 16.5. The SMILES string of the molecule is CC1CC(C)CN(C(=O)COC(=O)c2ccc3ocnc3c2)C1. The lowest BCUT2D eigenvalue weighted by molar-refractivity contribution is -0.137. The van der Waals surface area contributed by atoms with Crippen molar-refractivity contribution in [2.75, 3.05) is 19.7 Å². The summed E-state index contributed by atoms with van der Waals surface area (Å²) in [5.41, 5.74) is 1.55. The molecule has 1 aromatic heterocycles. The number of aromatic nitrogens is 1. The number of oxazole rings is 1. The molecule has 6 heteroatoms. The molecule has 2 unspecified atom stereocenters. The first-order chi connectivity index (χ1) is 11.0. The molecule has 0 N–H and O–H groups in total. The van der Waals surface area contributed by atoms with Gasteiger partial charge >= 0.3 is 5.97 Å². The van der Waals surface area contributed by atoms with Crippen LogP contribution in [0.3, 0.4) is 0 Å². The molecule has 1 aromatic carbocycles. The van der Waals surface area contributed by atoms with Crippen molar-refractivity contribution in [1.29, 1.82) is 0 Å². The molecule has 0 radical (unpaired) electrons. The molecule has 1 amide bonds. The van der Waals surface area contributed by atoms with E-state index in [2.05, 4.69) is 18.8 Å². The number of likely N-dealkylation sites (tertiary alicyclic amines) is 1. The van der Waals surface area contributed by atoms with Gasteiger partial charge in [-0.2, -0.15) is 0 Å². The Hall–Kier alpha value is -2.37. The fourth-order valence-electron chi connectivity index (χ4n) is 3.15. The number of amides is 1. The maximum atomic E-state index is 12.2. The fraction of sp³-hybridized carbons (Fsp3) is 0.471. The summed E-state index contributed by atoms with van der Waals surface area (Å²) in [5.74, 6) is 0.293. The number of esters is 1. The summed E-state index contributed by atoms with van der Waals surface area (Å²) in [6.07, 6.45) is 2.45. The standard InChI is InChI=1S/C17H20N2O4/c1-11-5-12(2)8-19(7-11)16(20)9-22-17(21)13-3-4-15-14(6-13)18-10-23-15/h3-4,6,10-12H,5,7-9H2,1-2H3. The first kappa shape index (κ1) is 15.5. The summed E-state index contributed by atoms with van der Waals surface area (Å²) in [7, 11) is 0. The van der Waals surface area contributed by atoms with Crippen molar-refractivity contribution in [3.63, 3.8) is 0 Å². The molecule has 2 aromatic rings. The predicted octanol–water partition coefficient (Wildman–Crippen LogP) is 2.49. The second-order valence-electron chi connectivity index (χ2n) is 6.36. The zero-order chi connectivity index (χ0) is 16.4. The molecular formula is C17H20N2O4. The van der Waals surface area contributed by atoms with Gasteiger partial charge in [-0.15, -0.1) is 0 Å². The molecule has 6 nitrogen and oxygen atoms in total. The van der Waals surface area contributed by atoms with E-state index in [1.54, 1.807) is 23.1 Å². The van der Waals surface area contributed by atoms with E-state index in [9.17, 15) is 9.59 Å². The average Bonchev–Trinajstić information content (AvgIpc) is 2.98. The second kappa shape index (κ2) is 6.40. The van der Waals surface area contributed by atoms with Crippen molar-refractivity contribution in [3.05, 3.63) is 30.2 Å². The Bertz CT molecular complexity index is 714. The molecule has 2 atom stereocenters. The minimum absolute atomic E-state index is 0.140. The van der Waals surface area contributed by atoms with Gasteiger partial charge in [0, 0.05) is 13.1 Å². The van der Waals surface area contributed by atoms with Gasteiger partial charge in [-0.05, 0) is 36.5 Å². The Labute approximate surface area is 134 Å². The Morgan fingerprint density at radius 1 is 1.30 bits per heavy atom. The molecule has 2 heterocycles. The van der Waals surface area contributed by atoms with Crippen LogP contribution in [0.5, 0.6) is 0 Å². The Morgan fingerprint density at radius 3 is 2.78 bits per heavy atom. The van der Waals surface area contributed by atoms with E-state index in [4.69, 9.17) is 9.15 Å². The van der Waals surface area contributed by atoms with E-state index in [1.807, 2.05) is 0 Å². The molecule has 0 spiro atoms. The Balaban J connectivity index is 1.58. The van der Waals surface area contributed by atoms with Gasteiger partial charge in [-0.1, -0.05) is 13.8 Å². The minimum Gasteiger partial charge on any atom is -0.452 e. The van der Waals surface area contributed by atoms with Crippen LogP contribution in [0.1, 0.15) is 30.6 Å². The smallest absolute Gasteiger partial charge is 0.338 e. The highest BCUT2D eigenvalue weighted by Crippen LogP contribution is 2.21. The van der Waals surface area contributed by atoms with Crippen LogP contribution >= 0.6 is 0 Å². The Morgan fingerprint density at radius 2 is 2.04 bits per heavy atom. The molecule has 0 saturated carbocycles. The van der Waals surface area contributed by atoms with Crippen LogP contribution in [0.25, 0.3) is 11.1 Å². The van der Waals surface area contributed by atoms with E-state index in [0.717, 1.165) is 19.5 Å². The van der Waals surface area contributed by atoms with Crippen LogP contribution in [-0.4, -0.2) is 41.5 Å². The van der Waals surface area contributed by atoms with E-state index in [1.165, 1.54) is 6.39 Å². The first-order valence-electron chi connectivity index (χ1n) is 7.81. The molecule has 1 saturated heterocycles. The number of ether oxygens (including phenoxy) is 1. The summed E-state index contributed by atoms with van der Waals surface area (Å²) in [5, 5.41) is 0. The highest BCUT2D eigenvalue weighted by Gasteiger charge is 2.26. The van der Waals surface area contributed by atoms with Crippen molar-refractivity contribution < 1.29 is 18.7 Å². The van der Waals surface area contributed by atoms with Crippen LogP contribution < -0.4 is 0 Å². The number of hydrogen-bond acceptors (Lipinski definition) is 5. The maximum absolute atomic E-state index is 12.2. The molecule has 1 aliphatic heterocycles. The van der Waals surface area contributed by atoms with Gasteiger partial charge in [0.25, 0.3) is 5.91 Å².